The quantitative estimate of drug-likeness (QED) is 0.452. The Morgan fingerprint density at radius 2 is 1.90 bits per heavy atom. The highest BCUT2D eigenvalue weighted by Crippen LogP contribution is 2.29. The minimum Gasteiger partial charge on any atom is -0.481 e. The fraction of sp³-hybridized carbons (Fsp3) is 0.150. The minimum absolute atomic E-state index is 0.236. The summed E-state index contributed by atoms with van der Waals surface area (Å²) in [4.78, 5) is 4.38. The van der Waals surface area contributed by atoms with Gasteiger partial charge in [0.05, 0.1) is 12.8 Å². The Kier molecular flexibility index (Phi) is 4.05. The molecule has 5 rings (SSSR count). The molecule has 0 aliphatic rings. The number of fused-ring (bicyclic) bond motifs is 3. The van der Waals surface area contributed by atoms with Crippen LogP contribution in [0.5, 0.6) is 11.8 Å². The van der Waals surface area contributed by atoms with Gasteiger partial charge >= 0.3 is 0 Å². The largest absolute Gasteiger partial charge is 0.481 e. The van der Waals surface area contributed by atoms with Gasteiger partial charge in [0.1, 0.15) is 12.4 Å². The van der Waals surface area contributed by atoms with Crippen molar-refractivity contribution in [3.63, 3.8) is 0 Å². The van der Waals surface area contributed by atoms with Crippen molar-refractivity contribution in [3.8, 4) is 23.3 Å². The van der Waals surface area contributed by atoms with Crippen molar-refractivity contribution in [3.05, 3.63) is 60.0 Å². The molecule has 0 aliphatic carbocycles. The lowest BCUT2D eigenvalue weighted by molar-refractivity contribution is 0.286. The molecule has 4 heterocycles. The molecule has 0 fully saturated rings. The van der Waals surface area contributed by atoms with E-state index in [0.717, 1.165) is 16.5 Å². The van der Waals surface area contributed by atoms with Gasteiger partial charge in [0.15, 0.2) is 11.3 Å². The highest BCUT2D eigenvalue weighted by molar-refractivity contribution is 5.96. The molecule has 0 spiro atoms. The van der Waals surface area contributed by atoms with Crippen LogP contribution in [0.25, 0.3) is 27.9 Å². The molecule has 4 aromatic heterocycles. The third-order valence-electron chi connectivity index (χ3n) is 4.43. The fourth-order valence-corrected chi connectivity index (χ4v) is 3.08. The van der Waals surface area contributed by atoms with Crippen molar-refractivity contribution in [1.29, 1.82) is 0 Å². The van der Waals surface area contributed by atoms with E-state index in [0.29, 0.717) is 34.7 Å². The smallest absolute Gasteiger partial charge is 0.240 e. The van der Waals surface area contributed by atoms with E-state index in [4.69, 9.17) is 14.0 Å². The first kappa shape index (κ1) is 17.1. The summed E-state index contributed by atoms with van der Waals surface area (Å²) in [6, 6.07) is 15.1. The number of pyridine rings is 1. The van der Waals surface area contributed by atoms with Gasteiger partial charge in [0.2, 0.25) is 17.6 Å². The van der Waals surface area contributed by atoms with Gasteiger partial charge in [-0.05, 0) is 19.1 Å². The highest BCUT2D eigenvalue weighted by Gasteiger charge is 2.18. The molecule has 0 N–H and O–H groups in total. The lowest BCUT2D eigenvalue weighted by Crippen LogP contribution is -2.04. The van der Waals surface area contributed by atoms with Crippen LogP contribution >= 0.6 is 0 Å². The Labute approximate surface area is 164 Å². The third kappa shape index (κ3) is 3.02. The maximum atomic E-state index is 6.03. The average Bonchev–Trinajstić information content (AvgIpc) is 3.38. The number of aromatic nitrogens is 6. The van der Waals surface area contributed by atoms with Gasteiger partial charge in [0.25, 0.3) is 0 Å². The Bertz CT molecular complexity index is 1330. The lowest BCUT2D eigenvalue weighted by Gasteiger charge is -2.10. The third-order valence-corrected chi connectivity index (χ3v) is 4.43. The topological polar surface area (TPSA) is 100 Å². The summed E-state index contributed by atoms with van der Waals surface area (Å²) < 4.78 is 18.0. The van der Waals surface area contributed by atoms with Crippen LogP contribution in [0.4, 0.5) is 0 Å². The van der Waals surface area contributed by atoms with Gasteiger partial charge in [-0.25, -0.2) is 4.98 Å². The second-order valence-corrected chi connectivity index (χ2v) is 6.39. The maximum absolute atomic E-state index is 6.03. The van der Waals surface area contributed by atoms with Crippen LogP contribution in [-0.2, 0) is 6.61 Å². The molecule has 0 amide bonds. The van der Waals surface area contributed by atoms with E-state index in [-0.39, 0.29) is 6.61 Å². The molecule has 1 aromatic carbocycles. The van der Waals surface area contributed by atoms with Gasteiger partial charge < -0.3 is 14.0 Å². The Balaban J connectivity index is 1.61. The molecule has 9 heteroatoms. The normalized spacial score (nSPS) is 11.2. The molecule has 29 heavy (non-hydrogen) atoms. The van der Waals surface area contributed by atoms with Crippen LogP contribution < -0.4 is 9.47 Å². The zero-order valence-electron chi connectivity index (χ0n) is 15.7. The van der Waals surface area contributed by atoms with Crippen LogP contribution in [0.15, 0.2) is 53.1 Å². The summed E-state index contributed by atoms with van der Waals surface area (Å²) in [6.07, 6.45) is 0. The van der Waals surface area contributed by atoms with Crippen molar-refractivity contribution in [2.45, 2.75) is 13.5 Å². The molecule has 0 atom stereocenters. The number of hydrogen-bond acceptors (Lipinski definition) is 8. The number of ether oxygens (including phenoxy) is 2. The van der Waals surface area contributed by atoms with Crippen molar-refractivity contribution >= 4 is 16.4 Å². The molecule has 9 nitrogen and oxygen atoms in total. The monoisotopic (exact) mass is 388 g/mol. The molecule has 5 aromatic rings. The van der Waals surface area contributed by atoms with Crippen LogP contribution in [0, 0.1) is 6.92 Å². The molecule has 0 saturated carbocycles. The summed E-state index contributed by atoms with van der Waals surface area (Å²) in [5, 5.41) is 18.9. The molecule has 0 aliphatic heterocycles. The highest BCUT2D eigenvalue weighted by atomic mass is 16.5. The Hall–Kier alpha value is -4.01. The van der Waals surface area contributed by atoms with E-state index in [1.807, 2.05) is 43.3 Å². The maximum Gasteiger partial charge on any atom is 0.240 e. The second-order valence-electron chi connectivity index (χ2n) is 6.39. The van der Waals surface area contributed by atoms with Crippen molar-refractivity contribution in [1.82, 2.24) is 30.0 Å². The SMILES string of the molecule is COc1cccc(COc2nn3c(-c4cc(C)on4)nnc3c3ccccc23)n1. The number of methoxy groups -OCH3 is 1. The zero-order valence-corrected chi connectivity index (χ0v) is 15.7. The summed E-state index contributed by atoms with van der Waals surface area (Å²) >= 11 is 0. The Morgan fingerprint density at radius 3 is 2.69 bits per heavy atom. The number of rotatable bonds is 5. The van der Waals surface area contributed by atoms with E-state index in [9.17, 15) is 0 Å². The Morgan fingerprint density at radius 1 is 1.03 bits per heavy atom. The van der Waals surface area contributed by atoms with Crippen LogP contribution in [0.3, 0.4) is 0 Å². The molecule has 0 saturated heterocycles. The number of benzene rings is 1. The molecule has 0 radical (unpaired) electrons. The number of nitrogens with zero attached hydrogens (tertiary/aromatic N) is 6. The fourth-order valence-electron chi connectivity index (χ4n) is 3.08. The zero-order chi connectivity index (χ0) is 19.8. The van der Waals surface area contributed by atoms with Crippen LogP contribution in [0.1, 0.15) is 11.5 Å². The first-order chi connectivity index (χ1) is 14.2. The van der Waals surface area contributed by atoms with Gasteiger partial charge in [-0.3, -0.25) is 0 Å². The van der Waals surface area contributed by atoms with E-state index in [2.05, 4.69) is 25.4 Å². The summed E-state index contributed by atoms with van der Waals surface area (Å²) in [7, 11) is 1.58. The standard InChI is InChI=1S/C20H16N6O3/c1-12-10-16(25-29-12)19-23-22-18-14-7-3-4-8-15(14)20(24-26(18)19)28-11-13-6-5-9-17(21-13)27-2/h3-10H,11H2,1-2H3. The minimum atomic E-state index is 0.236. The molecular formula is C20H16N6O3. The van der Waals surface area contributed by atoms with Crippen molar-refractivity contribution in [2.24, 2.45) is 0 Å². The van der Waals surface area contributed by atoms with Crippen LogP contribution in [0.2, 0.25) is 0 Å². The van der Waals surface area contributed by atoms with Crippen molar-refractivity contribution < 1.29 is 14.0 Å². The first-order valence-electron chi connectivity index (χ1n) is 8.93. The van der Waals surface area contributed by atoms with E-state index in [1.165, 1.54) is 0 Å². The van der Waals surface area contributed by atoms with Crippen molar-refractivity contribution in [2.75, 3.05) is 7.11 Å². The van der Waals surface area contributed by atoms with Gasteiger partial charge in [-0.2, -0.15) is 4.52 Å². The molecule has 0 bridgehead atoms. The van der Waals surface area contributed by atoms with E-state index < -0.39 is 0 Å². The summed E-state index contributed by atoms with van der Waals surface area (Å²) in [5.41, 5.74) is 1.90. The van der Waals surface area contributed by atoms with Crippen LogP contribution in [-0.4, -0.2) is 37.1 Å². The summed E-state index contributed by atoms with van der Waals surface area (Å²) in [5.74, 6) is 2.13. The van der Waals surface area contributed by atoms with E-state index >= 15 is 0 Å². The van der Waals surface area contributed by atoms with Gasteiger partial charge in [-0.1, -0.05) is 29.4 Å². The van der Waals surface area contributed by atoms with Gasteiger partial charge in [-0.15, -0.1) is 15.3 Å². The second kappa shape index (κ2) is 6.86. The molecule has 144 valence electrons. The lowest BCUT2D eigenvalue weighted by atomic mass is 10.2. The average molecular weight is 388 g/mol. The predicted molar refractivity (Wildman–Crippen MR) is 104 cm³/mol. The van der Waals surface area contributed by atoms with E-state index in [1.54, 1.807) is 23.8 Å². The molecular weight excluding hydrogens is 372 g/mol. The number of aryl methyl sites for hydroxylation is 1. The van der Waals surface area contributed by atoms with Gasteiger partial charge in [0, 0.05) is 22.9 Å². The predicted octanol–water partition coefficient (Wildman–Crippen LogP) is 3.22. The first-order valence-corrected chi connectivity index (χ1v) is 8.93. The summed E-state index contributed by atoms with van der Waals surface area (Å²) in [6.45, 7) is 2.05. The molecule has 0 unspecified atom stereocenters. The number of hydrogen-bond donors (Lipinski definition) is 0.